The molecule has 174 valence electrons. The number of hydrogen-bond donors (Lipinski definition) is 2. The van der Waals surface area contributed by atoms with Crippen LogP contribution in [-0.2, 0) is 10.5 Å². The molecule has 9 heteroatoms. The molecule has 5 aromatic rings. The van der Waals surface area contributed by atoms with Gasteiger partial charge in [-0.2, -0.15) is 9.78 Å². The average molecular weight is 500 g/mol. The fourth-order valence-electron chi connectivity index (χ4n) is 3.49. The zero-order valence-electron chi connectivity index (χ0n) is 18.5. The Morgan fingerprint density at radius 1 is 0.971 bits per heavy atom. The van der Waals surface area contributed by atoms with Gasteiger partial charge in [-0.1, -0.05) is 66.7 Å². The van der Waals surface area contributed by atoms with Gasteiger partial charge < -0.3 is 5.32 Å². The number of rotatable bonds is 8. The third-order valence-electron chi connectivity index (χ3n) is 5.09. The summed E-state index contributed by atoms with van der Waals surface area (Å²) in [5.74, 6) is 1.52. The second-order valence-corrected chi connectivity index (χ2v) is 9.58. The SMILES string of the molecule is O=C(CSCc1ccccc1)Nc1cc(-c2cccs2)nn1-c1nc(-c2ccccc2)cc(=O)[nH]1. The highest BCUT2D eigenvalue weighted by Crippen LogP contribution is 2.28. The molecule has 1 amide bonds. The molecule has 0 saturated heterocycles. The lowest BCUT2D eigenvalue weighted by Gasteiger charge is -2.09. The molecule has 0 unspecified atom stereocenters. The zero-order chi connectivity index (χ0) is 24.0. The fourth-order valence-corrected chi connectivity index (χ4v) is 4.96. The van der Waals surface area contributed by atoms with Crippen molar-refractivity contribution in [2.24, 2.45) is 0 Å². The van der Waals surface area contributed by atoms with Gasteiger partial charge in [-0.05, 0) is 17.0 Å². The van der Waals surface area contributed by atoms with Crippen molar-refractivity contribution in [1.82, 2.24) is 19.7 Å². The van der Waals surface area contributed by atoms with Crippen LogP contribution >= 0.6 is 23.1 Å². The van der Waals surface area contributed by atoms with E-state index in [0.717, 1.165) is 21.8 Å². The van der Waals surface area contributed by atoms with Crippen molar-refractivity contribution >= 4 is 34.8 Å². The zero-order valence-corrected chi connectivity index (χ0v) is 20.2. The number of aromatic amines is 1. The number of nitrogens with one attached hydrogen (secondary N) is 2. The minimum absolute atomic E-state index is 0.161. The summed E-state index contributed by atoms with van der Waals surface area (Å²) in [5, 5.41) is 9.55. The highest BCUT2D eigenvalue weighted by Gasteiger charge is 2.17. The first kappa shape index (κ1) is 22.8. The molecule has 0 spiro atoms. The van der Waals surface area contributed by atoms with Crippen LogP contribution in [0.3, 0.4) is 0 Å². The molecule has 7 nitrogen and oxygen atoms in total. The lowest BCUT2D eigenvalue weighted by molar-refractivity contribution is -0.113. The summed E-state index contributed by atoms with van der Waals surface area (Å²) in [7, 11) is 0. The van der Waals surface area contributed by atoms with Crippen LogP contribution < -0.4 is 10.9 Å². The number of carbonyl (C=O) groups is 1. The van der Waals surface area contributed by atoms with Crippen LogP contribution in [0.5, 0.6) is 0 Å². The number of benzene rings is 2. The first-order chi connectivity index (χ1) is 17.2. The topological polar surface area (TPSA) is 92.7 Å². The number of aromatic nitrogens is 4. The summed E-state index contributed by atoms with van der Waals surface area (Å²) in [5.41, 5.74) is 2.87. The van der Waals surface area contributed by atoms with E-state index in [1.165, 1.54) is 22.5 Å². The third-order valence-corrected chi connectivity index (χ3v) is 6.99. The molecule has 0 aliphatic rings. The van der Waals surface area contributed by atoms with Crippen LogP contribution in [0, 0.1) is 0 Å². The van der Waals surface area contributed by atoms with Crippen LogP contribution in [0.2, 0.25) is 0 Å². The Labute approximate surface area is 209 Å². The fraction of sp³-hybridized carbons (Fsp3) is 0.0769. The smallest absolute Gasteiger partial charge is 0.252 e. The number of hydrogen-bond acceptors (Lipinski definition) is 6. The molecule has 3 aromatic heterocycles. The number of nitrogens with zero attached hydrogens (tertiary/aromatic N) is 3. The van der Waals surface area contributed by atoms with E-state index < -0.39 is 0 Å². The molecule has 0 atom stereocenters. The molecule has 0 bridgehead atoms. The molecule has 2 N–H and O–H groups in total. The maximum absolute atomic E-state index is 12.8. The molecule has 0 radical (unpaired) electrons. The molecule has 0 saturated carbocycles. The van der Waals surface area contributed by atoms with Gasteiger partial charge in [0.25, 0.3) is 5.56 Å². The van der Waals surface area contributed by atoms with E-state index >= 15 is 0 Å². The number of carbonyl (C=O) groups excluding carboxylic acids is 1. The molecule has 5 rings (SSSR count). The van der Waals surface area contributed by atoms with Gasteiger partial charge in [0.05, 0.1) is 16.3 Å². The Balaban J connectivity index is 1.43. The van der Waals surface area contributed by atoms with Crippen molar-refractivity contribution < 1.29 is 4.79 Å². The number of thiophene rings is 1. The molecule has 3 heterocycles. The molecule has 0 aliphatic heterocycles. The van der Waals surface area contributed by atoms with E-state index in [1.54, 1.807) is 17.4 Å². The number of anilines is 1. The minimum atomic E-state index is -0.308. The first-order valence-electron chi connectivity index (χ1n) is 10.9. The normalized spacial score (nSPS) is 10.9. The quantitative estimate of drug-likeness (QED) is 0.305. The monoisotopic (exact) mass is 499 g/mol. The Morgan fingerprint density at radius 2 is 1.74 bits per heavy atom. The van der Waals surface area contributed by atoms with Crippen LogP contribution in [0.4, 0.5) is 5.82 Å². The minimum Gasteiger partial charge on any atom is -0.310 e. The lowest BCUT2D eigenvalue weighted by Crippen LogP contribution is -2.19. The second kappa shape index (κ2) is 10.5. The third kappa shape index (κ3) is 5.59. The van der Waals surface area contributed by atoms with E-state index in [4.69, 9.17) is 0 Å². The van der Waals surface area contributed by atoms with Gasteiger partial charge in [0, 0.05) is 23.4 Å². The number of amides is 1. The van der Waals surface area contributed by atoms with Crippen molar-refractivity contribution in [3.05, 3.63) is 106 Å². The molecule has 2 aromatic carbocycles. The highest BCUT2D eigenvalue weighted by molar-refractivity contribution is 7.99. The van der Waals surface area contributed by atoms with Gasteiger partial charge in [0.1, 0.15) is 11.5 Å². The van der Waals surface area contributed by atoms with E-state index in [0.29, 0.717) is 17.2 Å². The standard InChI is InChI=1S/C26H21N5O2S2/c32-24-15-20(19-10-5-2-6-11-19)27-26(29-24)31-23(14-21(30-31)22-12-7-13-35-22)28-25(33)17-34-16-18-8-3-1-4-9-18/h1-15H,16-17H2,(H,28,33)(H,27,29,32). The summed E-state index contributed by atoms with van der Waals surface area (Å²) in [6, 6.07) is 26.6. The number of H-pyrrole nitrogens is 1. The molecule has 0 fully saturated rings. The molecular weight excluding hydrogens is 478 g/mol. The van der Waals surface area contributed by atoms with Gasteiger partial charge in [0.2, 0.25) is 11.9 Å². The van der Waals surface area contributed by atoms with Crippen molar-refractivity contribution in [3.8, 4) is 27.8 Å². The summed E-state index contributed by atoms with van der Waals surface area (Å²) in [4.78, 5) is 33.6. The average Bonchev–Trinajstić information content (AvgIpc) is 3.55. The maximum atomic E-state index is 12.8. The van der Waals surface area contributed by atoms with Crippen LogP contribution in [0.15, 0.2) is 95.1 Å². The van der Waals surface area contributed by atoms with Crippen LogP contribution in [-0.4, -0.2) is 31.4 Å². The molecule has 0 aliphatic carbocycles. The highest BCUT2D eigenvalue weighted by atomic mass is 32.2. The first-order valence-corrected chi connectivity index (χ1v) is 12.9. The molecular formula is C26H21N5O2S2. The Hall–Kier alpha value is -3.95. The Kier molecular flexibility index (Phi) is 6.87. The molecule has 35 heavy (non-hydrogen) atoms. The van der Waals surface area contributed by atoms with Gasteiger partial charge in [-0.15, -0.1) is 23.1 Å². The van der Waals surface area contributed by atoms with E-state index in [9.17, 15) is 9.59 Å². The lowest BCUT2D eigenvalue weighted by atomic mass is 10.1. The summed E-state index contributed by atoms with van der Waals surface area (Å²) >= 11 is 3.07. The van der Waals surface area contributed by atoms with E-state index in [2.05, 4.69) is 20.4 Å². The van der Waals surface area contributed by atoms with Crippen molar-refractivity contribution in [3.63, 3.8) is 0 Å². The van der Waals surface area contributed by atoms with Crippen molar-refractivity contribution in [2.45, 2.75) is 5.75 Å². The van der Waals surface area contributed by atoms with Gasteiger partial charge in [-0.25, -0.2) is 4.98 Å². The predicted octanol–water partition coefficient (Wildman–Crippen LogP) is 5.22. The number of thioether (sulfide) groups is 1. The summed E-state index contributed by atoms with van der Waals surface area (Å²) in [6.45, 7) is 0. The van der Waals surface area contributed by atoms with Crippen LogP contribution in [0.25, 0.3) is 27.8 Å². The predicted molar refractivity (Wildman–Crippen MR) is 142 cm³/mol. The largest absolute Gasteiger partial charge is 0.310 e. The Morgan fingerprint density at radius 3 is 2.49 bits per heavy atom. The van der Waals surface area contributed by atoms with Gasteiger partial charge in [-0.3, -0.25) is 14.6 Å². The van der Waals surface area contributed by atoms with Gasteiger partial charge in [0.15, 0.2) is 0 Å². The Bertz CT molecular complexity index is 1480. The summed E-state index contributed by atoms with van der Waals surface area (Å²) in [6.07, 6.45) is 0. The van der Waals surface area contributed by atoms with Crippen molar-refractivity contribution in [1.29, 1.82) is 0 Å². The van der Waals surface area contributed by atoms with Gasteiger partial charge >= 0.3 is 0 Å². The van der Waals surface area contributed by atoms with E-state index in [1.807, 2.05) is 78.2 Å². The van der Waals surface area contributed by atoms with E-state index in [-0.39, 0.29) is 23.2 Å². The van der Waals surface area contributed by atoms with Crippen molar-refractivity contribution in [2.75, 3.05) is 11.1 Å². The maximum Gasteiger partial charge on any atom is 0.252 e. The van der Waals surface area contributed by atoms with Crippen LogP contribution in [0.1, 0.15) is 5.56 Å². The second-order valence-electron chi connectivity index (χ2n) is 7.65. The summed E-state index contributed by atoms with van der Waals surface area (Å²) < 4.78 is 1.47.